The summed E-state index contributed by atoms with van der Waals surface area (Å²) in [5, 5.41) is 3.11. The van der Waals surface area contributed by atoms with Gasteiger partial charge < -0.3 is 15.0 Å². The van der Waals surface area contributed by atoms with Gasteiger partial charge in [0.2, 0.25) is 5.91 Å². The minimum atomic E-state index is -0.0794. The number of ether oxygens (including phenoxy) is 1. The Kier molecular flexibility index (Phi) is 5.94. The Morgan fingerprint density at radius 2 is 1.66 bits per heavy atom. The molecule has 4 aliphatic carbocycles. The maximum atomic E-state index is 13.1. The van der Waals surface area contributed by atoms with Gasteiger partial charge in [-0.2, -0.15) is 0 Å². The molecule has 4 bridgehead atoms. The number of nitrogens with zero attached hydrogens (tertiary/aromatic N) is 1. The van der Waals surface area contributed by atoms with Crippen molar-refractivity contribution in [2.45, 2.75) is 77.7 Å². The minimum Gasteiger partial charge on any atom is -0.483 e. The third kappa shape index (κ3) is 4.53. The Bertz CT molecular complexity index is 836. The van der Waals surface area contributed by atoms with Gasteiger partial charge in [0.25, 0.3) is 5.91 Å². The molecule has 0 aromatic heterocycles. The van der Waals surface area contributed by atoms with Crippen LogP contribution in [0.2, 0.25) is 0 Å². The van der Waals surface area contributed by atoms with Crippen molar-refractivity contribution in [3.8, 4) is 5.75 Å². The van der Waals surface area contributed by atoms with Crippen LogP contribution in [0.3, 0.4) is 0 Å². The van der Waals surface area contributed by atoms with Crippen molar-refractivity contribution in [1.82, 2.24) is 10.2 Å². The van der Waals surface area contributed by atoms with Crippen molar-refractivity contribution in [3.63, 3.8) is 0 Å². The van der Waals surface area contributed by atoms with Crippen LogP contribution >= 0.6 is 0 Å². The second kappa shape index (κ2) is 8.72. The number of hydrogen-bond donors (Lipinski definition) is 1. The standard InChI is InChI=1S/C27H38N2O3/c1-18-4-3-5-24(19(18)2)32-17-25(30)28-23-6-8-29(9-7-23)26(31)16-27-13-20-10-21(14-27)12-22(11-20)15-27/h3-5,20-23H,6-17H2,1-2H3,(H,28,30). The van der Waals surface area contributed by atoms with E-state index >= 15 is 0 Å². The van der Waals surface area contributed by atoms with Gasteiger partial charge in [-0.3, -0.25) is 9.59 Å². The number of benzene rings is 1. The molecule has 32 heavy (non-hydrogen) atoms. The van der Waals surface area contributed by atoms with Crippen LogP contribution in [0.15, 0.2) is 18.2 Å². The summed E-state index contributed by atoms with van der Waals surface area (Å²) in [7, 11) is 0. The first kappa shape index (κ1) is 21.8. The first-order valence-corrected chi connectivity index (χ1v) is 12.7. The number of hydrogen-bond acceptors (Lipinski definition) is 3. The third-order valence-electron chi connectivity index (χ3n) is 8.82. The summed E-state index contributed by atoms with van der Waals surface area (Å²) in [6, 6.07) is 6.03. The number of piperidine rings is 1. The molecule has 4 saturated carbocycles. The molecule has 5 heteroatoms. The number of carbonyl (C=O) groups is 2. The molecule has 1 aliphatic heterocycles. The molecule has 6 rings (SSSR count). The Labute approximate surface area is 192 Å². The largest absolute Gasteiger partial charge is 0.483 e. The number of aryl methyl sites for hydroxylation is 1. The van der Waals surface area contributed by atoms with Gasteiger partial charge in [0.1, 0.15) is 5.75 Å². The summed E-state index contributed by atoms with van der Waals surface area (Å²) < 4.78 is 5.74. The van der Waals surface area contributed by atoms with Crippen LogP contribution in [0, 0.1) is 37.0 Å². The van der Waals surface area contributed by atoms with Crippen LogP contribution in [0.1, 0.15) is 68.9 Å². The highest BCUT2D eigenvalue weighted by Gasteiger charge is 2.51. The molecule has 5 nitrogen and oxygen atoms in total. The molecule has 5 fully saturated rings. The molecular weight excluding hydrogens is 400 g/mol. The molecule has 1 N–H and O–H groups in total. The zero-order valence-corrected chi connectivity index (χ0v) is 19.7. The topological polar surface area (TPSA) is 58.6 Å². The number of nitrogens with one attached hydrogen (secondary N) is 1. The summed E-state index contributed by atoms with van der Waals surface area (Å²) in [4.78, 5) is 27.6. The molecule has 1 aromatic rings. The van der Waals surface area contributed by atoms with Gasteiger partial charge in [-0.1, -0.05) is 12.1 Å². The van der Waals surface area contributed by atoms with Crippen molar-refractivity contribution in [3.05, 3.63) is 29.3 Å². The predicted molar refractivity (Wildman–Crippen MR) is 124 cm³/mol. The quantitative estimate of drug-likeness (QED) is 0.716. The van der Waals surface area contributed by atoms with Crippen molar-refractivity contribution >= 4 is 11.8 Å². The highest BCUT2D eigenvalue weighted by atomic mass is 16.5. The number of rotatable bonds is 6. The number of likely N-dealkylation sites (tertiary alicyclic amines) is 1. The zero-order chi connectivity index (χ0) is 22.3. The van der Waals surface area contributed by atoms with Crippen molar-refractivity contribution in [2.75, 3.05) is 19.7 Å². The Hall–Kier alpha value is -2.04. The van der Waals surface area contributed by atoms with Crippen molar-refractivity contribution < 1.29 is 14.3 Å². The van der Waals surface area contributed by atoms with E-state index in [1.165, 1.54) is 38.5 Å². The summed E-state index contributed by atoms with van der Waals surface area (Å²) in [5.41, 5.74) is 2.54. The molecule has 2 amide bonds. The molecule has 1 heterocycles. The summed E-state index contributed by atoms with van der Waals surface area (Å²) in [6.07, 6.45) is 10.6. The highest BCUT2D eigenvalue weighted by molar-refractivity contribution is 5.78. The lowest BCUT2D eigenvalue weighted by atomic mass is 9.49. The molecule has 0 unspecified atom stereocenters. The Morgan fingerprint density at radius 3 is 2.28 bits per heavy atom. The smallest absolute Gasteiger partial charge is 0.258 e. The monoisotopic (exact) mass is 438 g/mol. The van der Waals surface area contributed by atoms with Gasteiger partial charge in [-0.15, -0.1) is 0 Å². The van der Waals surface area contributed by atoms with Gasteiger partial charge in [0.15, 0.2) is 6.61 Å². The molecule has 1 saturated heterocycles. The summed E-state index contributed by atoms with van der Waals surface area (Å²) in [6.45, 7) is 5.61. The maximum absolute atomic E-state index is 13.1. The van der Waals surface area contributed by atoms with E-state index in [4.69, 9.17) is 4.74 Å². The highest BCUT2D eigenvalue weighted by Crippen LogP contribution is 2.61. The van der Waals surface area contributed by atoms with Gasteiger partial charge in [-0.05, 0) is 106 Å². The van der Waals surface area contributed by atoms with E-state index in [-0.39, 0.29) is 18.6 Å². The second-order valence-electron chi connectivity index (χ2n) is 11.3. The fourth-order valence-corrected chi connectivity index (χ4v) is 7.51. The van der Waals surface area contributed by atoms with Crippen molar-refractivity contribution in [2.24, 2.45) is 23.2 Å². The second-order valence-corrected chi connectivity index (χ2v) is 11.3. The van der Waals surface area contributed by atoms with Crippen LogP contribution in [-0.4, -0.2) is 42.5 Å². The van der Waals surface area contributed by atoms with E-state index in [2.05, 4.69) is 10.2 Å². The normalized spacial score (nSPS) is 31.6. The predicted octanol–water partition coefficient (Wildman–Crippen LogP) is 4.40. The van der Waals surface area contributed by atoms with Gasteiger partial charge in [0.05, 0.1) is 0 Å². The maximum Gasteiger partial charge on any atom is 0.258 e. The fourth-order valence-electron chi connectivity index (χ4n) is 7.51. The molecule has 174 valence electrons. The summed E-state index contributed by atoms with van der Waals surface area (Å²) >= 11 is 0. The van der Waals surface area contributed by atoms with E-state index in [1.54, 1.807) is 0 Å². The van der Waals surface area contributed by atoms with Gasteiger partial charge in [0, 0.05) is 25.6 Å². The van der Waals surface area contributed by atoms with Crippen LogP contribution < -0.4 is 10.1 Å². The van der Waals surface area contributed by atoms with E-state index in [9.17, 15) is 9.59 Å². The fraction of sp³-hybridized carbons (Fsp3) is 0.704. The Morgan fingerprint density at radius 1 is 1.03 bits per heavy atom. The van der Waals surface area contributed by atoms with Crippen LogP contribution in [0.5, 0.6) is 5.75 Å². The van der Waals surface area contributed by atoms with E-state index < -0.39 is 0 Å². The number of amides is 2. The van der Waals surface area contributed by atoms with Crippen LogP contribution in [0.25, 0.3) is 0 Å². The van der Waals surface area contributed by atoms with E-state index in [1.807, 2.05) is 32.0 Å². The Balaban J connectivity index is 1.06. The third-order valence-corrected chi connectivity index (χ3v) is 8.82. The first-order chi connectivity index (χ1) is 15.4. The molecule has 0 spiro atoms. The zero-order valence-electron chi connectivity index (χ0n) is 19.7. The molecular formula is C27H38N2O3. The molecule has 0 radical (unpaired) electrons. The SMILES string of the molecule is Cc1cccc(OCC(=O)NC2CCN(C(=O)CC34CC5CC(CC(C5)C3)C4)CC2)c1C. The molecule has 5 aliphatic rings. The molecule has 0 atom stereocenters. The minimum absolute atomic E-state index is 0.0372. The summed E-state index contributed by atoms with van der Waals surface area (Å²) in [5.74, 6) is 3.71. The van der Waals surface area contributed by atoms with Gasteiger partial charge in [-0.25, -0.2) is 0 Å². The van der Waals surface area contributed by atoms with Gasteiger partial charge >= 0.3 is 0 Å². The lowest BCUT2D eigenvalue weighted by Gasteiger charge is -2.57. The van der Waals surface area contributed by atoms with E-state index in [0.29, 0.717) is 11.3 Å². The van der Waals surface area contributed by atoms with Crippen LogP contribution in [-0.2, 0) is 9.59 Å². The average molecular weight is 439 g/mol. The van der Waals surface area contributed by atoms with E-state index in [0.717, 1.165) is 67.0 Å². The lowest BCUT2D eigenvalue weighted by Crippen LogP contribution is -2.51. The first-order valence-electron chi connectivity index (χ1n) is 12.7. The van der Waals surface area contributed by atoms with Crippen LogP contribution in [0.4, 0.5) is 0 Å². The lowest BCUT2D eigenvalue weighted by molar-refractivity contribution is -0.140. The molecule has 1 aromatic carbocycles. The average Bonchev–Trinajstić information content (AvgIpc) is 2.74. The number of carbonyl (C=O) groups excluding carboxylic acids is 2. The van der Waals surface area contributed by atoms with Crippen molar-refractivity contribution in [1.29, 1.82) is 0 Å².